The van der Waals surface area contributed by atoms with Crippen LogP contribution in [0.2, 0.25) is 0 Å². The van der Waals surface area contributed by atoms with Crippen LogP contribution in [0.3, 0.4) is 0 Å². The molecule has 7 heteroatoms. The lowest BCUT2D eigenvalue weighted by molar-refractivity contribution is -0.140. The number of nitrogens with one attached hydrogen (secondary N) is 1. The Labute approximate surface area is 164 Å². The van der Waals surface area contributed by atoms with E-state index in [0.29, 0.717) is 18.9 Å². The first-order valence-electron chi connectivity index (χ1n) is 10.2. The second-order valence-electron chi connectivity index (χ2n) is 8.69. The van der Waals surface area contributed by atoms with Crippen LogP contribution in [0.25, 0.3) is 0 Å². The molecule has 2 aliphatic heterocycles. The van der Waals surface area contributed by atoms with Gasteiger partial charge in [0.2, 0.25) is 5.91 Å². The maximum atomic E-state index is 13.3. The molecule has 3 heterocycles. The number of aromatic nitrogens is 1. The number of amides is 1. The Morgan fingerprint density at radius 3 is 2.82 bits per heavy atom. The van der Waals surface area contributed by atoms with Crippen molar-refractivity contribution in [2.75, 3.05) is 6.54 Å². The SMILES string of the molecule is CC(C)CC[C@]1(C(=O)NCc2cccnc2)C[C@H]2CC[C@@H]1N2CCC(F)(F)F. The van der Waals surface area contributed by atoms with Gasteiger partial charge in [0.15, 0.2) is 0 Å². The first-order chi connectivity index (χ1) is 13.2. The largest absolute Gasteiger partial charge is 0.390 e. The van der Waals surface area contributed by atoms with Crippen molar-refractivity contribution in [2.24, 2.45) is 11.3 Å². The van der Waals surface area contributed by atoms with Crippen LogP contribution in [0.5, 0.6) is 0 Å². The van der Waals surface area contributed by atoms with Crippen molar-refractivity contribution in [3.05, 3.63) is 30.1 Å². The van der Waals surface area contributed by atoms with Gasteiger partial charge in [-0.1, -0.05) is 19.9 Å². The highest BCUT2D eigenvalue weighted by molar-refractivity contribution is 5.84. The van der Waals surface area contributed by atoms with Crippen molar-refractivity contribution in [3.63, 3.8) is 0 Å². The van der Waals surface area contributed by atoms with Crippen LogP contribution < -0.4 is 5.32 Å². The number of nitrogens with zero attached hydrogens (tertiary/aromatic N) is 2. The fraction of sp³-hybridized carbons (Fsp3) is 0.714. The van der Waals surface area contributed by atoms with E-state index in [1.807, 2.05) is 17.0 Å². The second kappa shape index (κ2) is 8.39. The molecule has 0 aliphatic carbocycles. The molecule has 1 aromatic rings. The third kappa shape index (κ3) is 4.67. The summed E-state index contributed by atoms with van der Waals surface area (Å²) in [5.41, 5.74) is 0.341. The molecule has 2 fully saturated rings. The molecular formula is C21H30F3N3O. The minimum Gasteiger partial charge on any atom is -0.351 e. The van der Waals surface area contributed by atoms with Crippen LogP contribution in [0.1, 0.15) is 57.9 Å². The molecule has 0 saturated carbocycles. The van der Waals surface area contributed by atoms with E-state index in [9.17, 15) is 18.0 Å². The number of halogens is 3. The van der Waals surface area contributed by atoms with Crippen LogP contribution in [0.15, 0.2) is 24.5 Å². The van der Waals surface area contributed by atoms with E-state index in [2.05, 4.69) is 24.1 Å². The summed E-state index contributed by atoms with van der Waals surface area (Å²) in [6.07, 6.45) is 2.43. The molecule has 156 valence electrons. The van der Waals surface area contributed by atoms with E-state index in [1.54, 1.807) is 12.4 Å². The van der Waals surface area contributed by atoms with Gasteiger partial charge in [0.1, 0.15) is 0 Å². The Morgan fingerprint density at radius 2 is 2.18 bits per heavy atom. The molecule has 2 bridgehead atoms. The molecule has 2 aliphatic rings. The molecular weight excluding hydrogens is 367 g/mol. The summed E-state index contributed by atoms with van der Waals surface area (Å²) >= 11 is 0. The highest BCUT2D eigenvalue weighted by Gasteiger charge is 2.59. The van der Waals surface area contributed by atoms with Gasteiger partial charge in [0.05, 0.1) is 11.8 Å². The van der Waals surface area contributed by atoms with Gasteiger partial charge in [-0.05, 0) is 49.7 Å². The zero-order valence-electron chi connectivity index (χ0n) is 16.6. The van der Waals surface area contributed by atoms with Crippen LogP contribution in [0, 0.1) is 11.3 Å². The molecule has 4 nitrogen and oxygen atoms in total. The van der Waals surface area contributed by atoms with Gasteiger partial charge in [-0.2, -0.15) is 13.2 Å². The minimum atomic E-state index is -4.16. The minimum absolute atomic E-state index is 0.00184. The van der Waals surface area contributed by atoms with Gasteiger partial charge < -0.3 is 5.32 Å². The van der Waals surface area contributed by atoms with Crippen LogP contribution in [-0.4, -0.2) is 40.6 Å². The lowest BCUT2D eigenvalue weighted by Crippen LogP contribution is -2.49. The number of carbonyl (C=O) groups excluding carboxylic acids is 1. The topological polar surface area (TPSA) is 45.2 Å². The molecule has 3 rings (SSSR count). The molecule has 0 unspecified atom stereocenters. The van der Waals surface area contributed by atoms with E-state index in [1.165, 1.54) is 0 Å². The van der Waals surface area contributed by atoms with Crippen molar-refractivity contribution in [1.29, 1.82) is 0 Å². The summed E-state index contributed by atoms with van der Waals surface area (Å²) in [7, 11) is 0. The lowest BCUT2D eigenvalue weighted by Gasteiger charge is -2.37. The van der Waals surface area contributed by atoms with Gasteiger partial charge in [-0.15, -0.1) is 0 Å². The summed E-state index contributed by atoms with van der Waals surface area (Å²) in [4.78, 5) is 19.3. The molecule has 1 aromatic heterocycles. The zero-order valence-corrected chi connectivity index (χ0v) is 16.6. The third-order valence-electron chi connectivity index (χ3n) is 6.33. The Morgan fingerprint density at radius 1 is 1.39 bits per heavy atom. The quantitative estimate of drug-likeness (QED) is 0.711. The summed E-state index contributed by atoms with van der Waals surface area (Å²) in [5.74, 6) is 0.437. The molecule has 1 N–H and O–H groups in total. The Bertz CT molecular complexity index is 665. The molecule has 1 amide bonds. The highest BCUT2D eigenvalue weighted by Crippen LogP contribution is 2.53. The van der Waals surface area contributed by atoms with Crippen molar-refractivity contribution in [3.8, 4) is 0 Å². The average molecular weight is 397 g/mol. The monoisotopic (exact) mass is 397 g/mol. The highest BCUT2D eigenvalue weighted by atomic mass is 19.4. The van der Waals surface area contributed by atoms with Crippen LogP contribution in [-0.2, 0) is 11.3 Å². The number of rotatable bonds is 8. The molecule has 0 radical (unpaired) electrons. The normalized spacial score (nSPS) is 27.5. The van der Waals surface area contributed by atoms with E-state index in [0.717, 1.165) is 31.2 Å². The summed E-state index contributed by atoms with van der Waals surface area (Å²) < 4.78 is 38.4. The molecule has 2 saturated heterocycles. The predicted molar refractivity (Wildman–Crippen MR) is 101 cm³/mol. The van der Waals surface area contributed by atoms with Crippen molar-refractivity contribution in [1.82, 2.24) is 15.2 Å². The van der Waals surface area contributed by atoms with Gasteiger partial charge in [0, 0.05) is 37.6 Å². The van der Waals surface area contributed by atoms with Crippen molar-refractivity contribution < 1.29 is 18.0 Å². The second-order valence-corrected chi connectivity index (χ2v) is 8.69. The Hall–Kier alpha value is -1.63. The predicted octanol–water partition coefficient (Wildman–Crippen LogP) is 4.31. The van der Waals surface area contributed by atoms with Gasteiger partial charge in [0.25, 0.3) is 0 Å². The van der Waals surface area contributed by atoms with Crippen molar-refractivity contribution >= 4 is 5.91 Å². The number of fused-ring (bicyclic) bond motifs is 2. The summed E-state index contributed by atoms with van der Waals surface area (Å²) in [6.45, 7) is 4.64. The molecule has 28 heavy (non-hydrogen) atoms. The maximum Gasteiger partial charge on any atom is 0.390 e. The smallest absolute Gasteiger partial charge is 0.351 e. The number of alkyl halides is 3. The Kier molecular flexibility index (Phi) is 6.32. The summed E-state index contributed by atoms with van der Waals surface area (Å²) in [6, 6.07) is 3.73. The van der Waals surface area contributed by atoms with E-state index in [-0.39, 0.29) is 24.5 Å². The lowest BCUT2D eigenvalue weighted by atomic mass is 9.69. The fourth-order valence-electron chi connectivity index (χ4n) is 4.93. The van der Waals surface area contributed by atoms with Gasteiger partial charge >= 0.3 is 6.18 Å². The number of hydrogen-bond acceptors (Lipinski definition) is 3. The van der Waals surface area contributed by atoms with E-state index < -0.39 is 18.0 Å². The first kappa shape index (κ1) is 21.1. The third-order valence-corrected chi connectivity index (χ3v) is 6.33. The first-order valence-corrected chi connectivity index (χ1v) is 10.2. The maximum absolute atomic E-state index is 13.3. The van der Waals surface area contributed by atoms with Crippen LogP contribution >= 0.6 is 0 Å². The summed E-state index contributed by atoms with van der Waals surface area (Å²) in [5, 5.41) is 3.06. The van der Waals surface area contributed by atoms with Crippen molar-refractivity contribution in [2.45, 2.75) is 77.2 Å². The van der Waals surface area contributed by atoms with Gasteiger partial charge in [-0.25, -0.2) is 0 Å². The fourth-order valence-corrected chi connectivity index (χ4v) is 4.93. The standard InChI is InChI=1S/C21H30F3N3O/c1-15(2)7-8-20(19(28)26-14-16-4-3-10-25-13-16)12-17-5-6-18(20)27(17)11-9-21(22,23)24/h3-4,10,13,15,17-18H,5-9,11-12,14H2,1-2H3,(H,26,28)/t17-,18+,20+/m1/s1. The van der Waals surface area contributed by atoms with E-state index >= 15 is 0 Å². The number of carbonyl (C=O) groups is 1. The average Bonchev–Trinajstić information content (AvgIpc) is 3.18. The molecule has 0 aromatic carbocycles. The number of pyridine rings is 1. The Balaban J connectivity index is 1.74. The molecule has 0 spiro atoms. The zero-order chi connectivity index (χ0) is 20.4. The molecule has 3 atom stereocenters. The number of hydrogen-bond donors (Lipinski definition) is 1. The van der Waals surface area contributed by atoms with Crippen LogP contribution in [0.4, 0.5) is 13.2 Å². The van der Waals surface area contributed by atoms with E-state index in [4.69, 9.17) is 0 Å². The van der Waals surface area contributed by atoms with Gasteiger partial charge in [-0.3, -0.25) is 14.7 Å².